The van der Waals surface area contributed by atoms with Gasteiger partial charge in [0, 0.05) is 5.92 Å². The molecule has 2 rings (SSSR count). The van der Waals surface area contributed by atoms with Crippen LogP contribution < -0.4 is 19.9 Å². The van der Waals surface area contributed by atoms with Gasteiger partial charge in [0.15, 0.2) is 11.5 Å². The summed E-state index contributed by atoms with van der Waals surface area (Å²) in [6.07, 6.45) is 0.854. The number of ether oxygens (including phenoxy) is 3. The minimum absolute atomic E-state index is 0.248. The number of nitrogens with two attached hydrogens (primary N) is 1. The fourth-order valence-electron chi connectivity index (χ4n) is 2.89. The molecule has 0 radical (unpaired) electrons. The summed E-state index contributed by atoms with van der Waals surface area (Å²) in [6, 6.07) is 12.3. The van der Waals surface area contributed by atoms with Crippen LogP contribution in [0, 0.1) is 6.92 Å². The van der Waals surface area contributed by atoms with Gasteiger partial charge in [0.25, 0.3) is 0 Å². The van der Waals surface area contributed by atoms with E-state index in [1.54, 1.807) is 14.2 Å². The number of hydrogen-bond acceptors (Lipinski definition) is 4. The first-order valence-electron chi connectivity index (χ1n) is 8.27. The van der Waals surface area contributed by atoms with Gasteiger partial charge < -0.3 is 19.9 Å². The Labute approximate surface area is 144 Å². The molecule has 4 heteroatoms. The van der Waals surface area contributed by atoms with E-state index in [4.69, 9.17) is 19.9 Å². The molecule has 0 amide bonds. The first kappa shape index (κ1) is 18.1. The van der Waals surface area contributed by atoms with E-state index >= 15 is 0 Å². The maximum atomic E-state index is 6.04. The van der Waals surface area contributed by atoms with Gasteiger partial charge in [-0.1, -0.05) is 18.2 Å². The molecule has 130 valence electrons. The van der Waals surface area contributed by atoms with E-state index in [0.29, 0.717) is 13.2 Å². The van der Waals surface area contributed by atoms with E-state index in [1.807, 2.05) is 25.1 Å². The number of aryl methyl sites for hydroxylation is 1. The van der Waals surface area contributed by atoms with Crippen LogP contribution in [-0.4, -0.2) is 27.4 Å². The molecule has 0 aliphatic rings. The Kier molecular flexibility index (Phi) is 6.50. The first-order valence-corrected chi connectivity index (χ1v) is 8.27. The van der Waals surface area contributed by atoms with Gasteiger partial charge in [-0.05, 0) is 61.7 Å². The molecule has 0 aliphatic heterocycles. The molecular weight excluding hydrogens is 302 g/mol. The topological polar surface area (TPSA) is 53.7 Å². The fraction of sp³-hybridized carbons (Fsp3) is 0.400. The lowest BCUT2D eigenvalue weighted by Gasteiger charge is -2.18. The molecule has 2 aromatic rings. The second-order valence-corrected chi connectivity index (χ2v) is 5.78. The highest BCUT2D eigenvalue weighted by Crippen LogP contribution is 2.31. The summed E-state index contributed by atoms with van der Waals surface area (Å²) in [7, 11) is 3.34. The molecule has 0 spiro atoms. The minimum Gasteiger partial charge on any atom is -0.496 e. The molecule has 0 aromatic heterocycles. The van der Waals surface area contributed by atoms with Gasteiger partial charge in [0.2, 0.25) is 0 Å². The zero-order chi connectivity index (χ0) is 17.5. The van der Waals surface area contributed by atoms with Crippen LogP contribution in [0.1, 0.15) is 29.5 Å². The zero-order valence-electron chi connectivity index (χ0n) is 15.0. The predicted molar refractivity (Wildman–Crippen MR) is 97.4 cm³/mol. The molecule has 0 saturated carbocycles. The van der Waals surface area contributed by atoms with Crippen molar-refractivity contribution in [2.24, 2.45) is 5.73 Å². The normalized spacial score (nSPS) is 11.9. The highest BCUT2D eigenvalue weighted by atomic mass is 16.5. The molecule has 0 heterocycles. The summed E-state index contributed by atoms with van der Waals surface area (Å²) in [4.78, 5) is 0. The van der Waals surface area contributed by atoms with Crippen LogP contribution in [0.2, 0.25) is 0 Å². The van der Waals surface area contributed by atoms with Crippen LogP contribution in [0.5, 0.6) is 17.2 Å². The molecule has 2 aromatic carbocycles. The van der Waals surface area contributed by atoms with Gasteiger partial charge in [0.1, 0.15) is 5.75 Å². The van der Waals surface area contributed by atoms with Gasteiger partial charge in [-0.3, -0.25) is 0 Å². The third-order valence-electron chi connectivity index (χ3n) is 4.18. The average Bonchev–Trinajstić information content (AvgIpc) is 2.60. The molecule has 24 heavy (non-hydrogen) atoms. The van der Waals surface area contributed by atoms with Crippen LogP contribution in [0.15, 0.2) is 36.4 Å². The quantitative estimate of drug-likeness (QED) is 0.802. The molecular formula is C20H27NO3. The van der Waals surface area contributed by atoms with Gasteiger partial charge >= 0.3 is 0 Å². The van der Waals surface area contributed by atoms with E-state index in [0.717, 1.165) is 29.2 Å². The second-order valence-electron chi connectivity index (χ2n) is 5.78. The molecule has 2 N–H and O–H groups in total. The average molecular weight is 329 g/mol. The Hall–Kier alpha value is -2.20. The molecule has 0 aliphatic carbocycles. The number of hydrogen-bond donors (Lipinski definition) is 1. The van der Waals surface area contributed by atoms with Crippen molar-refractivity contribution >= 4 is 0 Å². The van der Waals surface area contributed by atoms with Crippen molar-refractivity contribution in [2.75, 3.05) is 27.4 Å². The first-order chi connectivity index (χ1) is 11.6. The highest BCUT2D eigenvalue weighted by molar-refractivity contribution is 5.44. The Bertz CT molecular complexity index is 670. The van der Waals surface area contributed by atoms with Gasteiger partial charge in [-0.2, -0.15) is 0 Å². The van der Waals surface area contributed by atoms with Crippen molar-refractivity contribution in [3.8, 4) is 17.2 Å². The van der Waals surface area contributed by atoms with Crippen LogP contribution >= 0.6 is 0 Å². The standard InChI is InChI=1S/C20H27NO3/c1-5-24-20-12-15(6-8-19(20)23-4)11-17(13-21)16-7-9-18(22-3)14(2)10-16/h6-10,12,17H,5,11,13,21H2,1-4H3. The van der Waals surface area contributed by atoms with Crippen molar-refractivity contribution in [3.05, 3.63) is 53.1 Å². The number of methoxy groups -OCH3 is 2. The van der Waals surface area contributed by atoms with Gasteiger partial charge in [-0.25, -0.2) is 0 Å². The lowest BCUT2D eigenvalue weighted by Crippen LogP contribution is -2.15. The Morgan fingerprint density at radius 1 is 0.958 bits per heavy atom. The van der Waals surface area contributed by atoms with Crippen molar-refractivity contribution in [1.29, 1.82) is 0 Å². The molecule has 0 fully saturated rings. The summed E-state index contributed by atoms with van der Waals surface area (Å²) in [5, 5.41) is 0. The highest BCUT2D eigenvalue weighted by Gasteiger charge is 2.14. The zero-order valence-corrected chi connectivity index (χ0v) is 15.0. The largest absolute Gasteiger partial charge is 0.496 e. The second kappa shape index (κ2) is 8.60. The monoisotopic (exact) mass is 329 g/mol. The number of rotatable bonds is 8. The maximum absolute atomic E-state index is 6.04. The van der Waals surface area contributed by atoms with Gasteiger partial charge in [0.05, 0.1) is 20.8 Å². The Balaban J connectivity index is 2.23. The van der Waals surface area contributed by atoms with E-state index in [-0.39, 0.29) is 5.92 Å². The van der Waals surface area contributed by atoms with Gasteiger partial charge in [-0.15, -0.1) is 0 Å². The summed E-state index contributed by atoms with van der Waals surface area (Å²) in [5.41, 5.74) is 9.57. The molecule has 1 atom stereocenters. The maximum Gasteiger partial charge on any atom is 0.161 e. The van der Waals surface area contributed by atoms with Crippen molar-refractivity contribution in [3.63, 3.8) is 0 Å². The molecule has 1 unspecified atom stereocenters. The number of benzene rings is 2. The third kappa shape index (κ3) is 4.20. The van der Waals surface area contributed by atoms with Crippen LogP contribution in [0.3, 0.4) is 0 Å². The fourth-order valence-corrected chi connectivity index (χ4v) is 2.89. The summed E-state index contributed by atoms with van der Waals surface area (Å²) in [6.45, 7) is 5.21. The van der Waals surface area contributed by atoms with Crippen molar-refractivity contribution < 1.29 is 14.2 Å². The van der Waals surface area contributed by atoms with Crippen LogP contribution in [-0.2, 0) is 6.42 Å². The van der Waals surface area contributed by atoms with E-state index in [2.05, 4.69) is 25.1 Å². The minimum atomic E-state index is 0.248. The van der Waals surface area contributed by atoms with Crippen molar-refractivity contribution in [1.82, 2.24) is 0 Å². The van der Waals surface area contributed by atoms with E-state index in [1.165, 1.54) is 11.1 Å². The van der Waals surface area contributed by atoms with E-state index in [9.17, 15) is 0 Å². The Morgan fingerprint density at radius 3 is 2.25 bits per heavy atom. The summed E-state index contributed by atoms with van der Waals surface area (Å²) < 4.78 is 16.4. The SMILES string of the molecule is CCOc1cc(CC(CN)c2ccc(OC)c(C)c2)ccc1OC. The Morgan fingerprint density at radius 2 is 1.67 bits per heavy atom. The molecule has 4 nitrogen and oxygen atoms in total. The lowest BCUT2D eigenvalue weighted by atomic mass is 9.91. The third-order valence-corrected chi connectivity index (χ3v) is 4.18. The summed E-state index contributed by atoms with van der Waals surface area (Å²) in [5.74, 6) is 2.68. The van der Waals surface area contributed by atoms with E-state index < -0.39 is 0 Å². The van der Waals surface area contributed by atoms with Crippen molar-refractivity contribution in [2.45, 2.75) is 26.2 Å². The lowest BCUT2D eigenvalue weighted by molar-refractivity contribution is 0.310. The molecule has 0 bridgehead atoms. The van der Waals surface area contributed by atoms with Crippen LogP contribution in [0.25, 0.3) is 0 Å². The smallest absolute Gasteiger partial charge is 0.161 e. The molecule has 0 saturated heterocycles. The predicted octanol–water partition coefficient (Wildman–Crippen LogP) is 3.70. The summed E-state index contributed by atoms with van der Waals surface area (Å²) >= 11 is 0. The van der Waals surface area contributed by atoms with Crippen LogP contribution in [0.4, 0.5) is 0 Å².